The van der Waals surface area contributed by atoms with E-state index in [2.05, 4.69) is 16.1 Å². The molecule has 2 heterocycles. The first-order valence-electron chi connectivity index (χ1n) is 8.18. The van der Waals surface area contributed by atoms with Gasteiger partial charge in [0, 0.05) is 33.3 Å². The summed E-state index contributed by atoms with van der Waals surface area (Å²) in [6, 6.07) is 8.87. The van der Waals surface area contributed by atoms with Crippen LogP contribution in [0.3, 0.4) is 0 Å². The first-order chi connectivity index (χ1) is 11.1. The van der Waals surface area contributed by atoms with E-state index < -0.39 is 0 Å². The molecule has 0 aliphatic carbocycles. The van der Waals surface area contributed by atoms with Crippen molar-refractivity contribution in [3.63, 3.8) is 0 Å². The first-order valence-corrected chi connectivity index (χ1v) is 8.18. The van der Waals surface area contributed by atoms with Gasteiger partial charge in [0.15, 0.2) is 0 Å². The SMILES string of the molecule is Cc1cc(CN(Cc2ccc(F)cc2)C[C@@H]2CCCO2)n(C)n1. The lowest BCUT2D eigenvalue weighted by atomic mass is 10.1. The van der Waals surface area contributed by atoms with E-state index in [4.69, 9.17) is 4.74 Å². The van der Waals surface area contributed by atoms with Gasteiger partial charge in [-0.2, -0.15) is 5.10 Å². The van der Waals surface area contributed by atoms with Gasteiger partial charge in [-0.1, -0.05) is 12.1 Å². The molecule has 1 aliphatic rings. The van der Waals surface area contributed by atoms with Gasteiger partial charge in [0.05, 0.1) is 17.5 Å². The molecule has 0 unspecified atom stereocenters. The maximum atomic E-state index is 13.1. The standard InChI is InChI=1S/C18H24FN3O/c1-14-10-17(21(2)20-14)12-22(13-18-4-3-9-23-18)11-15-5-7-16(19)8-6-15/h5-8,10,18H,3-4,9,11-13H2,1-2H3/t18-/m0/s1. The molecule has 1 saturated heterocycles. The van der Waals surface area contributed by atoms with Crippen LogP contribution in [0.5, 0.6) is 0 Å². The zero-order chi connectivity index (χ0) is 16.2. The second-order valence-corrected chi connectivity index (χ2v) is 6.33. The van der Waals surface area contributed by atoms with Gasteiger partial charge in [0.25, 0.3) is 0 Å². The van der Waals surface area contributed by atoms with Crippen LogP contribution in [0.25, 0.3) is 0 Å². The zero-order valence-corrected chi connectivity index (χ0v) is 13.8. The Morgan fingerprint density at radius 3 is 2.70 bits per heavy atom. The molecule has 1 atom stereocenters. The molecule has 0 N–H and O–H groups in total. The van der Waals surface area contributed by atoms with Crippen LogP contribution >= 0.6 is 0 Å². The third-order valence-corrected chi connectivity index (χ3v) is 4.29. The van der Waals surface area contributed by atoms with Gasteiger partial charge in [0.1, 0.15) is 5.82 Å². The number of aryl methyl sites for hydroxylation is 2. The summed E-state index contributed by atoms with van der Waals surface area (Å²) in [7, 11) is 1.98. The number of hydrogen-bond acceptors (Lipinski definition) is 3. The maximum absolute atomic E-state index is 13.1. The van der Waals surface area contributed by atoms with Gasteiger partial charge in [0.2, 0.25) is 0 Å². The zero-order valence-electron chi connectivity index (χ0n) is 13.8. The van der Waals surface area contributed by atoms with Crippen LogP contribution in [0.2, 0.25) is 0 Å². The number of rotatable bonds is 6. The fourth-order valence-electron chi connectivity index (χ4n) is 3.15. The van der Waals surface area contributed by atoms with E-state index in [9.17, 15) is 4.39 Å². The summed E-state index contributed by atoms with van der Waals surface area (Å²) in [5, 5.41) is 4.42. The molecule has 0 bridgehead atoms. The van der Waals surface area contributed by atoms with Crippen LogP contribution in [0.15, 0.2) is 30.3 Å². The van der Waals surface area contributed by atoms with Crippen molar-refractivity contribution in [2.24, 2.45) is 7.05 Å². The molecule has 4 nitrogen and oxygen atoms in total. The molecule has 1 fully saturated rings. The fourth-order valence-corrected chi connectivity index (χ4v) is 3.15. The summed E-state index contributed by atoms with van der Waals surface area (Å²) in [6.07, 6.45) is 2.55. The quantitative estimate of drug-likeness (QED) is 0.820. The Kier molecular flexibility index (Phi) is 5.08. The first kappa shape index (κ1) is 16.1. The molecule has 0 radical (unpaired) electrons. The third-order valence-electron chi connectivity index (χ3n) is 4.29. The minimum Gasteiger partial charge on any atom is -0.377 e. The van der Waals surface area contributed by atoms with E-state index in [1.165, 1.54) is 17.8 Å². The van der Waals surface area contributed by atoms with Crippen molar-refractivity contribution in [3.8, 4) is 0 Å². The minimum atomic E-state index is -0.193. The highest BCUT2D eigenvalue weighted by Crippen LogP contribution is 2.17. The Morgan fingerprint density at radius 1 is 1.30 bits per heavy atom. The second kappa shape index (κ2) is 7.23. The van der Waals surface area contributed by atoms with Crippen LogP contribution in [0.1, 0.15) is 29.8 Å². The molecule has 0 saturated carbocycles. The lowest BCUT2D eigenvalue weighted by Gasteiger charge is -2.25. The normalized spacial score (nSPS) is 18.0. The molecule has 2 aromatic rings. The Bertz CT molecular complexity index is 632. The van der Waals surface area contributed by atoms with E-state index in [1.54, 1.807) is 0 Å². The molecular weight excluding hydrogens is 293 g/mol. The van der Waals surface area contributed by atoms with Crippen molar-refractivity contribution >= 4 is 0 Å². The summed E-state index contributed by atoms with van der Waals surface area (Å²) in [5.74, 6) is -0.193. The summed E-state index contributed by atoms with van der Waals surface area (Å²) >= 11 is 0. The Hall–Kier alpha value is -1.72. The van der Waals surface area contributed by atoms with Crippen LogP contribution in [0.4, 0.5) is 4.39 Å². The van der Waals surface area contributed by atoms with Gasteiger partial charge in [-0.3, -0.25) is 9.58 Å². The van der Waals surface area contributed by atoms with Crippen molar-refractivity contribution in [2.45, 2.75) is 39.0 Å². The number of halogens is 1. The number of benzene rings is 1. The van der Waals surface area contributed by atoms with Gasteiger partial charge < -0.3 is 4.74 Å². The Morgan fingerprint density at radius 2 is 2.09 bits per heavy atom. The largest absolute Gasteiger partial charge is 0.377 e. The average Bonchev–Trinajstić information content (AvgIpc) is 3.12. The average molecular weight is 317 g/mol. The van der Waals surface area contributed by atoms with Gasteiger partial charge in [-0.05, 0) is 43.5 Å². The number of ether oxygens (including phenoxy) is 1. The maximum Gasteiger partial charge on any atom is 0.123 e. The van der Waals surface area contributed by atoms with Crippen molar-refractivity contribution in [3.05, 3.63) is 53.1 Å². The summed E-state index contributed by atoms with van der Waals surface area (Å²) in [6.45, 7) is 5.36. The second-order valence-electron chi connectivity index (χ2n) is 6.33. The predicted octanol–water partition coefficient (Wildman–Crippen LogP) is 3.05. The molecule has 23 heavy (non-hydrogen) atoms. The van der Waals surface area contributed by atoms with Crippen LogP contribution in [-0.2, 0) is 24.9 Å². The summed E-state index contributed by atoms with van der Waals surface area (Å²) in [4.78, 5) is 2.36. The van der Waals surface area contributed by atoms with Crippen LogP contribution < -0.4 is 0 Å². The van der Waals surface area contributed by atoms with Crippen molar-refractivity contribution < 1.29 is 9.13 Å². The number of nitrogens with zero attached hydrogens (tertiary/aromatic N) is 3. The highest BCUT2D eigenvalue weighted by atomic mass is 19.1. The Balaban J connectivity index is 1.72. The molecule has 0 amide bonds. The molecule has 1 aliphatic heterocycles. The summed E-state index contributed by atoms with van der Waals surface area (Å²) < 4.78 is 20.8. The highest BCUT2D eigenvalue weighted by molar-refractivity contribution is 5.16. The minimum absolute atomic E-state index is 0.193. The predicted molar refractivity (Wildman–Crippen MR) is 87.4 cm³/mol. The van der Waals surface area contributed by atoms with Gasteiger partial charge >= 0.3 is 0 Å². The van der Waals surface area contributed by atoms with E-state index in [0.29, 0.717) is 6.10 Å². The smallest absolute Gasteiger partial charge is 0.123 e. The fraction of sp³-hybridized carbons (Fsp3) is 0.500. The molecule has 0 spiro atoms. The lowest BCUT2D eigenvalue weighted by molar-refractivity contribution is 0.0670. The third kappa shape index (κ3) is 4.39. The molecule has 5 heteroatoms. The molecule has 1 aromatic heterocycles. The highest BCUT2D eigenvalue weighted by Gasteiger charge is 2.20. The molecule has 3 rings (SSSR count). The van der Waals surface area contributed by atoms with E-state index in [-0.39, 0.29) is 5.82 Å². The van der Waals surface area contributed by atoms with E-state index in [0.717, 1.165) is 50.3 Å². The topological polar surface area (TPSA) is 30.3 Å². The lowest BCUT2D eigenvalue weighted by Crippen LogP contribution is -2.32. The molecule has 124 valence electrons. The van der Waals surface area contributed by atoms with Gasteiger partial charge in [-0.25, -0.2) is 4.39 Å². The van der Waals surface area contributed by atoms with Crippen molar-refractivity contribution in [1.82, 2.24) is 14.7 Å². The monoisotopic (exact) mass is 317 g/mol. The van der Waals surface area contributed by atoms with E-state index >= 15 is 0 Å². The Labute approximate surface area is 136 Å². The van der Waals surface area contributed by atoms with Gasteiger partial charge in [-0.15, -0.1) is 0 Å². The molecular formula is C18H24FN3O. The van der Waals surface area contributed by atoms with Crippen LogP contribution in [-0.4, -0.2) is 33.9 Å². The summed E-state index contributed by atoms with van der Waals surface area (Å²) in [5.41, 5.74) is 3.33. The molecule has 1 aromatic carbocycles. The number of hydrogen-bond donors (Lipinski definition) is 0. The van der Waals surface area contributed by atoms with Crippen LogP contribution in [0, 0.1) is 12.7 Å². The van der Waals surface area contributed by atoms with Crippen molar-refractivity contribution in [1.29, 1.82) is 0 Å². The van der Waals surface area contributed by atoms with E-state index in [1.807, 2.05) is 30.8 Å². The van der Waals surface area contributed by atoms with Crippen molar-refractivity contribution in [2.75, 3.05) is 13.2 Å². The number of aromatic nitrogens is 2.